The number of sulfonamides is 1. The van der Waals surface area contributed by atoms with Crippen molar-refractivity contribution in [2.75, 3.05) is 37.4 Å². The molecule has 1 saturated carbocycles. The maximum absolute atomic E-state index is 13.2. The van der Waals surface area contributed by atoms with E-state index in [9.17, 15) is 18.0 Å². The quantitative estimate of drug-likeness (QED) is 0.194. The Balaban J connectivity index is 0.000000651. The van der Waals surface area contributed by atoms with Crippen molar-refractivity contribution in [1.82, 2.24) is 10.0 Å². The highest BCUT2D eigenvalue weighted by Gasteiger charge is 2.25. The second kappa shape index (κ2) is 19.3. The van der Waals surface area contributed by atoms with Crippen molar-refractivity contribution in [3.8, 4) is 0 Å². The summed E-state index contributed by atoms with van der Waals surface area (Å²) >= 11 is 0. The number of nitrogens with one attached hydrogen (secondary N) is 3. The molecule has 8 nitrogen and oxygen atoms in total. The van der Waals surface area contributed by atoms with E-state index >= 15 is 0 Å². The van der Waals surface area contributed by atoms with Crippen molar-refractivity contribution in [3.63, 3.8) is 0 Å². The molecule has 0 saturated heterocycles. The minimum absolute atomic E-state index is 0.0804. The van der Waals surface area contributed by atoms with Gasteiger partial charge >= 0.3 is 0 Å². The van der Waals surface area contributed by atoms with E-state index in [1.807, 2.05) is 18.2 Å². The van der Waals surface area contributed by atoms with Crippen LogP contribution in [0.1, 0.15) is 88.6 Å². The van der Waals surface area contributed by atoms with Gasteiger partial charge in [-0.05, 0) is 82.2 Å². The van der Waals surface area contributed by atoms with Gasteiger partial charge in [0.15, 0.2) is 0 Å². The number of carbonyl (C=O) groups excluding carboxylic acids is 2. The Morgan fingerprint density at radius 2 is 1.75 bits per heavy atom. The van der Waals surface area contributed by atoms with Gasteiger partial charge in [0.25, 0.3) is 5.91 Å². The van der Waals surface area contributed by atoms with Crippen LogP contribution in [0.15, 0.2) is 59.5 Å². The van der Waals surface area contributed by atoms with E-state index in [2.05, 4.69) is 71.5 Å². The molecule has 1 aliphatic carbocycles. The molecule has 1 fully saturated rings. The lowest BCUT2D eigenvalue weighted by Gasteiger charge is -2.30. The van der Waals surface area contributed by atoms with Crippen molar-refractivity contribution in [2.45, 2.75) is 85.1 Å². The molecular weight excluding hydrogens is 572 g/mol. The maximum atomic E-state index is 13.2. The number of aldehydes is 1. The average Bonchev–Trinajstić information content (AvgIpc) is 3.04. The first-order valence-corrected chi connectivity index (χ1v) is 17.4. The van der Waals surface area contributed by atoms with Crippen LogP contribution in [0.4, 0.5) is 11.4 Å². The first kappa shape index (κ1) is 37.0. The van der Waals surface area contributed by atoms with Gasteiger partial charge < -0.3 is 20.3 Å². The van der Waals surface area contributed by atoms with Gasteiger partial charge in [-0.1, -0.05) is 69.5 Å². The molecule has 0 spiro atoms. The number of hydrogen-bond donors (Lipinski definition) is 3. The van der Waals surface area contributed by atoms with Crippen LogP contribution in [0, 0.1) is 11.8 Å². The molecule has 0 bridgehead atoms. The van der Waals surface area contributed by atoms with Crippen LogP contribution in [0.5, 0.6) is 0 Å². The summed E-state index contributed by atoms with van der Waals surface area (Å²) in [6.07, 6.45) is 10.7. The van der Waals surface area contributed by atoms with E-state index < -0.39 is 10.0 Å². The number of hydrogen-bond acceptors (Lipinski definition) is 6. The Morgan fingerprint density at radius 1 is 1.07 bits per heavy atom. The van der Waals surface area contributed by atoms with E-state index in [0.29, 0.717) is 28.7 Å². The Morgan fingerprint density at radius 3 is 2.32 bits per heavy atom. The number of benzene rings is 2. The van der Waals surface area contributed by atoms with Crippen molar-refractivity contribution in [2.24, 2.45) is 11.8 Å². The summed E-state index contributed by atoms with van der Waals surface area (Å²) in [5, 5.41) is 6.78. The minimum Gasteiger partial charge on any atom is -0.383 e. The van der Waals surface area contributed by atoms with E-state index in [1.165, 1.54) is 31.9 Å². The van der Waals surface area contributed by atoms with Gasteiger partial charge in [0.05, 0.1) is 16.3 Å². The Labute approximate surface area is 266 Å². The van der Waals surface area contributed by atoms with Gasteiger partial charge in [0.2, 0.25) is 10.0 Å². The molecule has 9 heteroatoms. The molecule has 2 aromatic rings. The zero-order chi connectivity index (χ0) is 32.5. The zero-order valence-electron chi connectivity index (χ0n) is 27.6. The lowest BCUT2D eigenvalue weighted by Crippen LogP contribution is -2.41. The predicted molar refractivity (Wildman–Crippen MR) is 184 cm³/mol. The monoisotopic (exact) mass is 626 g/mol. The van der Waals surface area contributed by atoms with Crippen LogP contribution >= 0.6 is 0 Å². The fourth-order valence-electron chi connectivity index (χ4n) is 5.29. The highest BCUT2D eigenvalue weighted by Crippen LogP contribution is 2.29. The molecule has 2 aromatic carbocycles. The summed E-state index contributed by atoms with van der Waals surface area (Å²) in [6.45, 7) is 9.45. The van der Waals surface area contributed by atoms with Crippen molar-refractivity contribution in [3.05, 3.63) is 70.6 Å². The molecule has 3 N–H and O–H groups in total. The average molecular weight is 627 g/mol. The molecule has 1 atom stereocenters. The summed E-state index contributed by atoms with van der Waals surface area (Å²) in [5.41, 5.74) is 4.00. The molecule has 1 amide bonds. The highest BCUT2D eigenvalue weighted by molar-refractivity contribution is 7.93. The number of anilines is 2. The number of allylic oxidation sites excluding steroid dienone is 2. The van der Waals surface area contributed by atoms with E-state index in [0.717, 1.165) is 56.4 Å². The molecule has 0 aromatic heterocycles. The molecule has 1 unspecified atom stereocenters. The number of rotatable bonds is 15. The molecule has 3 rings (SSSR count). The molecule has 0 radical (unpaired) electrons. The highest BCUT2D eigenvalue weighted by atomic mass is 32.2. The van der Waals surface area contributed by atoms with Crippen LogP contribution in [0.2, 0.25) is 0 Å². The van der Waals surface area contributed by atoms with Gasteiger partial charge in [-0.2, -0.15) is 0 Å². The zero-order valence-corrected chi connectivity index (χ0v) is 28.4. The summed E-state index contributed by atoms with van der Waals surface area (Å²) in [5.74, 6) is 0.930. The maximum Gasteiger partial charge on any atom is 0.251 e. The molecule has 244 valence electrons. The van der Waals surface area contributed by atoms with Gasteiger partial charge in [0.1, 0.15) is 6.29 Å². The Bertz CT molecular complexity index is 1290. The topological polar surface area (TPSA) is 108 Å². The number of carbonyl (C=O) groups is 2. The predicted octanol–water partition coefficient (Wildman–Crippen LogP) is 6.55. The van der Waals surface area contributed by atoms with Gasteiger partial charge in [-0.3, -0.25) is 4.79 Å². The largest absolute Gasteiger partial charge is 0.383 e. The number of amides is 1. The standard InChI is InChI=1S/C30H43N3O2.C5H11NO2S/c1-23(2)17-20-33(3)29-15-14-26(22-28(29)31-19-16-24-10-6-4-7-11-24)30(35)32-27(18-21-34)25-12-8-5-9-13-25;1-4-5(2)9(7,8)6-3/h4,6-7,10-11,14-15,21-23,25,27,31H,5,8-9,12-13,16-20H2,1-3H3,(H,32,35);4,6H,1-3H3/b;5-4+. The Kier molecular flexibility index (Phi) is 16.2. The fraction of sp³-hybridized carbons (Fsp3) is 0.543. The molecule has 0 heterocycles. The van der Waals surface area contributed by atoms with E-state index in [4.69, 9.17) is 0 Å². The second-order valence-electron chi connectivity index (χ2n) is 12.0. The van der Waals surface area contributed by atoms with Crippen molar-refractivity contribution in [1.29, 1.82) is 0 Å². The molecule has 0 aliphatic heterocycles. The molecular formula is C35H54N4O4S. The lowest BCUT2D eigenvalue weighted by atomic mass is 9.82. The minimum atomic E-state index is -3.14. The molecule has 1 aliphatic rings. The third-order valence-electron chi connectivity index (χ3n) is 8.27. The van der Waals surface area contributed by atoms with Crippen LogP contribution in [-0.2, 0) is 21.2 Å². The van der Waals surface area contributed by atoms with Crippen LogP contribution in [0.25, 0.3) is 0 Å². The number of nitrogens with zero attached hydrogens (tertiary/aromatic N) is 1. The van der Waals surface area contributed by atoms with Gasteiger partial charge in [-0.25, -0.2) is 13.1 Å². The summed E-state index contributed by atoms with van der Waals surface area (Å²) < 4.78 is 23.7. The van der Waals surface area contributed by atoms with Crippen LogP contribution < -0.4 is 20.3 Å². The smallest absolute Gasteiger partial charge is 0.251 e. The summed E-state index contributed by atoms with van der Waals surface area (Å²) in [7, 11) is 0.368. The van der Waals surface area contributed by atoms with Crippen molar-refractivity contribution < 1.29 is 18.0 Å². The third-order valence-corrected chi connectivity index (χ3v) is 9.89. The van der Waals surface area contributed by atoms with E-state index in [1.54, 1.807) is 19.9 Å². The van der Waals surface area contributed by atoms with Crippen LogP contribution in [0.3, 0.4) is 0 Å². The first-order valence-electron chi connectivity index (χ1n) is 16.0. The van der Waals surface area contributed by atoms with Crippen LogP contribution in [-0.4, -0.2) is 53.8 Å². The Hall–Kier alpha value is -3.17. The summed E-state index contributed by atoms with van der Waals surface area (Å²) in [6, 6.07) is 16.3. The first-order chi connectivity index (χ1) is 21.0. The molecule has 44 heavy (non-hydrogen) atoms. The van der Waals surface area contributed by atoms with E-state index in [-0.39, 0.29) is 11.9 Å². The summed E-state index contributed by atoms with van der Waals surface area (Å²) in [4.78, 5) is 27.2. The third kappa shape index (κ3) is 12.4. The second-order valence-corrected chi connectivity index (χ2v) is 14.0. The van der Waals surface area contributed by atoms with Gasteiger partial charge in [-0.15, -0.1) is 0 Å². The van der Waals surface area contributed by atoms with Gasteiger partial charge in [0, 0.05) is 38.2 Å². The lowest BCUT2D eigenvalue weighted by molar-refractivity contribution is -0.108. The SMILES string of the molecule is C/C=C(\C)S(=O)(=O)NC.CC(C)CCN(C)c1ccc(C(=O)NC(CC=O)C2CCCCC2)cc1NCCc1ccccc1. The fourth-order valence-corrected chi connectivity index (χ4v) is 5.92. The normalized spacial score (nSPS) is 14.8. The van der Waals surface area contributed by atoms with Crippen molar-refractivity contribution >= 4 is 33.6 Å².